The second-order valence-corrected chi connectivity index (χ2v) is 11.4. The van der Waals surface area contributed by atoms with Crippen molar-refractivity contribution in [2.75, 3.05) is 62.9 Å². The van der Waals surface area contributed by atoms with Crippen molar-refractivity contribution in [3.05, 3.63) is 101 Å². The van der Waals surface area contributed by atoms with Crippen LogP contribution in [0.2, 0.25) is 0 Å². The van der Waals surface area contributed by atoms with Crippen LogP contribution in [0.15, 0.2) is 78.9 Å². The van der Waals surface area contributed by atoms with Crippen LogP contribution in [0.3, 0.4) is 0 Å². The monoisotopic (exact) mass is 702 g/mol. The van der Waals surface area contributed by atoms with E-state index >= 15 is 0 Å². The molecule has 0 spiro atoms. The van der Waals surface area contributed by atoms with Crippen LogP contribution in [0.25, 0.3) is 0 Å². The Kier molecular flexibility index (Phi) is 14.3. The van der Waals surface area contributed by atoms with Gasteiger partial charge in [-0.2, -0.15) is 0 Å². The van der Waals surface area contributed by atoms with Gasteiger partial charge in [-0.05, 0) is 70.8 Å². The summed E-state index contributed by atoms with van der Waals surface area (Å²) in [6.07, 6.45) is -0.462. The molecular formula is C39H46N2O10. The molecule has 0 saturated heterocycles. The molecule has 0 aliphatic heterocycles. The number of methoxy groups -OCH3 is 7. The standard InChI is InChI=1S/C39H46N2O10/c1-44-30-16-11-27(21-33(30)47-4)36(49-6)23-40-38(42)19-25-8-13-29(14-9-25)51-35-18-26(10-15-32(35)46-3)20-39(43)41-24-37(50-7)28-12-17-31(45-2)34(22-28)48-5/h8-18,21-22,36-37H,19-20,23-24H2,1-7H3,(H,40,42)(H,41,43)/t36-,37-/m1/s1. The molecule has 0 aliphatic rings. The van der Waals surface area contributed by atoms with E-state index in [4.69, 9.17) is 37.9 Å². The van der Waals surface area contributed by atoms with Gasteiger partial charge in [0.2, 0.25) is 11.8 Å². The molecule has 0 aliphatic carbocycles. The Hall–Kier alpha value is -5.46. The minimum Gasteiger partial charge on any atom is -0.493 e. The maximum absolute atomic E-state index is 12.9. The van der Waals surface area contributed by atoms with Crippen molar-refractivity contribution in [1.82, 2.24) is 10.6 Å². The maximum atomic E-state index is 12.9. The number of amides is 2. The predicted octanol–water partition coefficient (Wildman–Crippen LogP) is 5.61. The molecule has 4 aromatic rings. The molecule has 0 radical (unpaired) electrons. The van der Waals surface area contributed by atoms with Gasteiger partial charge in [0.25, 0.3) is 0 Å². The Labute approximate surface area is 298 Å². The molecule has 0 heterocycles. The number of hydrogen-bond donors (Lipinski definition) is 2. The molecule has 0 bridgehead atoms. The first-order chi connectivity index (χ1) is 24.7. The van der Waals surface area contributed by atoms with E-state index in [1.54, 1.807) is 86.2 Å². The van der Waals surface area contributed by atoms with Gasteiger partial charge in [0.1, 0.15) is 5.75 Å². The van der Waals surface area contributed by atoms with Gasteiger partial charge in [-0.25, -0.2) is 0 Å². The van der Waals surface area contributed by atoms with E-state index in [0.29, 0.717) is 40.2 Å². The van der Waals surface area contributed by atoms with Crippen molar-refractivity contribution in [2.45, 2.75) is 25.0 Å². The summed E-state index contributed by atoms with van der Waals surface area (Å²) >= 11 is 0. The van der Waals surface area contributed by atoms with Crippen molar-refractivity contribution in [3.63, 3.8) is 0 Å². The number of nitrogens with one attached hydrogen (secondary N) is 2. The lowest BCUT2D eigenvalue weighted by atomic mass is 10.1. The summed E-state index contributed by atoms with van der Waals surface area (Å²) < 4.78 is 44.3. The lowest BCUT2D eigenvalue weighted by molar-refractivity contribution is -0.121. The lowest BCUT2D eigenvalue weighted by Gasteiger charge is -2.18. The van der Waals surface area contributed by atoms with E-state index in [-0.39, 0.29) is 50.0 Å². The van der Waals surface area contributed by atoms with E-state index in [1.165, 1.54) is 0 Å². The Balaban J connectivity index is 1.31. The first kappa shape index (κ1) is 38.3. The van der Waals surface area contributed by atoms with Gasteiger partial charge >= 0.3 is 0 Å². The molecule has 2 atom stereocenters. The number of rotatable bonds is 19. The normalized spacial score (nSPS) is 11.9. The summed E-state index contributed by atoms with van der Waals surface area (Å²) in [7, 11) is 11.0. The van der Waals surface area contributed by atoms with Gasteiger partial charge < -0.3 is 48.5 Å². The fourth-order valence-corrected chi connectivity index (χ4v) is 5.40. The van der Waals surface area contributed by atoms with Crippen molar-refractivity contribution >= 4 is 11.8 Å². The molecular weight excluding hydrogens is 656 g/mol. The number of carbonyl (C=O) groups excluding carboxylic acids is 2. The van der Waals surface area contributed by atoms with Gasteiger partial charge in [-0.15, -0.1) is 0 Å². The summed E-state index contributed by atoms with van der Waals surface area (Å²) in [6, 6.07) is 23.6. The van der Waals surface area contributed by atoms with E-state index in [2.05, 4.69) is 10.6 Å². The zero-order valence-corrected chi connectivity index (χ0v) is 30.1. The minimum atomic E-state index is -0.385. The van der Waals surface area contributed by atoms with Crippen LogP contribution in [0, 0.1) is 0 Å². The largest absolute Gasteiger partial charge is 0.493 e. The molecule has 272 valence electrons. The molecule has 0 saturated carbocycles. The van der Waals surface area contributed by atoms with E-state index < -0.39 is 0 Å². The van der Waals surface area contributed by atoms with E-state index in [9.17, 15) is 9.59 Å². The molecule has 2 amide bonds. The summed E-state index contributed by atoms with van der Waals surface area (Å²) in [5, 5.41) is 5.88. The second kappa shape index (κ2) is 19.1. The van der Waals surface area contributed by atoms with Crippen molar-refractivity contribution in [1.29, 1.82) is 0 Å². The fourth-order valence-electron chi connectivity index (χ4n) is 5.40. The predicted molar refractivity (Wildman–Crippen MR) is 192 cm³/mol. The molecule has 4 aromatic carbocycles. The summed E-state index contributed by atoms with van der Waals surface area (Å²) in [5.41, 5.74) is 3.23. The average molecular weight is 703 g/mol. The van der Waals surface area contributed by atoms with Crippen LogP contribution in [0.4, 0.5) is 0 Å². The van der Waals surface area contributed by atoms with E-state index in [0.717, 1.165) is 22.3 Å². The van der Waals surface area contributed by atoms with Crippen LogP contribution in [-0.2, 0) is 31.9 Å². The Bertz CT molecular complexity index is 1740. The van der Waals surface area contributed by atoms with Gasteiger partial charge in [-0.3, -0.25) is 9.59 Å². The zero-order valence-electron chi connectivity index (χ0n) is 30.1. The Morgan fingerprint density at radius 3 is 1.35 bits per heavy atom. The van der Waals surface area contributed by atoms with Crippen molar-refractivity contribution < 1.29 is 47.5 Å². The van der Waals surface area contributed by atoms with Gasteiger partial charge in [0.05, 0.1) is 60.6 Å². The maximum Gasteiger partial charge on any atom is 0.224 e. The third-order valence-corrected chi connectivity index (χ3v) is 8.21. The highest BCUT2D eigenvalue weighted by Gasteiger charge is 2.18. The smallest absolute Gasteiger partial charge is 0.224 e. The first-order valence-corrected chi connectivity index (χ1v) is 16.2. The summed E-state index contributed by atoms with van der Waals surface area (Å²) in [4.78, 5) is 25.7. The van der Waals surface area contributed by atoms with Crippen molar-refractivity contribution in [2.24, 2.45) is 0 Å². The summed E-state index contributed by atoms with van der Waals surface area (Å²) in [5.74, 6) is 3.56. The third kappa shape index (κ3) is 10.5. The van der Waals surface area contributed by atoms with E-state index in [1.807, 2.05) is 42.5 Å². The number of hydrogen-bond acceptors (Lipinski definition) is 10. The van der Waals surface area contributed by atoms with Crippen LogP contribution < -0.4 is 39.1 Å². The van der Waals surface area contributed by atoms with Crippen LogP contribution in [0.5, 0.6) is 40.2 Å². The molecule has 0 unspecified atom stereocenters. The number of benzene rings is 4. The third-order valence-electron chi connectivity index (χ3n) is 8.21. The molecule has 0 fully saturated rings. The van der Waals surface area contributed by atoms with Crippen LogP contribution in [0.1, 0.15) is 34.5 Å². The van der Waals surface area contributed by atoms with Gasteiger partial charge in [0, 0.05) is 27.3 Å². The number of carbonyl (C=O) groups is 2. The van der Waals surface area contributed by atoms with Gasteiger partial charge in [-0.1, -0.05) is 30.3 Å². The topological polar surface area (TPSA) is 132 Å². The highest BCUT2D eigenvalue weighted by atomic mass is 16.5. The fraction of sp³-hybridized carbons (Fsp3) is 0.333. The second-order valence-electron chi connectivity index (χ2n) is 11.4. The minimum absolute atomic E-state index is 0.118. The highest BCUT2D eigenvalue weighted by molar-refractivity contribution is 5.79. The van der Waals surface area contributed by atoms with Gasteiger partial charge in [0.15, 0.2) is 34.5 Å². The molecule has 4 rings (SSSR count). The summed E-state index contributed by atoms with van der Waals surface area (Å²) in [6.45, 7) is 0.546. The highest BCUT2D eigenvalue weighted by Crippen LogP contribution is 2.34. The zero-order chi connectivity index (χ0) is 36.8. The molecule has 2 N–H and O–H groups in total. The Morgan fingerprint density at radius 1 is 0.490 bits per heavy atom. The quantitative estimate of drug-likeness (QED) is 0.127. The SMILES string of the molecule is COc1ccc([C@@H](CNC(=O)Cc2ccc(Oc3cc(CC(=O)NC[C@@H](OC)c4ccc(OC)c(OC)c4)ccc3OC)cc2)OC)cc1OC. The molecule has 12 heteroatoms. The first-order valence-electron chi connectivity index (χ1n) is 16.2. The van der Waals surface area contributed by atoms with Crippen LogP contribution in [-0.4, -0.2) is 74.7 Å². The lowest BCUT2D eigenvalue weighted by Crippen LogP contribution is -2.30. The number of ether oxygens (including phenoxy) is 8. The molecule has 51 heavy (non-hydrogen) atoms. The Morgan fingerprint density at radius 2 is 0.902 bits per heavy atom. The van der Waals surface area contributed by atoms with Crippen LogP contribution >= 0.6 is 0 Å². The molecule has 0 aromatic heterocycles. The molecule has 12 nitrogen and oxygen atoms in total. The van der Waals surface area contributed by atoms with Crippen molar-refractivity contribution in [3.8, 4) is 40.2 Å². The average Bonchev–Trinajstić information content (AvgIpc) is 3.15.